The summed E-state index contributed by atoms with van der Waals surface area (Å²) in [5, 5.41) is 13.7. The van der Waals surface area contributed by atoms with Crippen molar-refractivity contribution in [3.63, 3.8) is 0 Å². The molecule has 0 aliphatic carbocycles. The van der Waals surface area contributed by atoms with Gasteiger partial charge < -0.3 is 5.11 Å². The topological polar surface area (TPSA) is 63.8 Å². The minimum atomic E-state index is -4.43. The summed E-state index contributed by atoms with van der Waals surface area (Å²) in [5.41, 5.74) is -0.682. The first-order valence-corrected chi connectivity index (χ1v) is 5.42. The van der Waals surface area contributed by atoms with Gasteiger partial charge in [0.2, 0.25) is 0 Å². The Balaban J connectivity index is 2.12. The number of hydrogen-bond donors (Lipinski definition) is 1. The van der Waals surface area contributed by atoms with Crippen molar-refractivity contribution in [2.24, 2.45) is 7.05 Å². The summed E-state index contributed by atoms with van der Waals surface area (Å²) in [6.45, 7) is 0. The fourth-order valence-corrected chi connectivity index (χ4v) is 1.55. The van der Waals surface area contributed by atoms with E-state index in [1.165, 1.54) is 11.0 Å². The molecular formula is C11H11F3N4O. The van der Waals surface area contributed by atoms with Crippen LogP contribution in [0.25, 0.3) is 0 Å². The lowest BCUT2D eigenvalue weighted by atomic mass is 10.1. The van der Waals surface area contributed by atoms with E-state index in [-0.39, 0.29) is 12.1 Å². The highest BCUT2D eigenvalue weighted by atomic mass is 19.4. The molecule has 102 valence electrons. The van der Waals surface area contributed by atoms with Gasteiger partial charge in [0, 0.05) is 19.7 Å². The number of aliphatic hydroxyl groups is 1. The standard InChI is InChI=1S/C11H11F3N4O/c1-18-10(16-6-17-18)4-9(19)8-3-2-7(5-15-8)11(12,13)14/h2-3,5-6,9,19H,4H2,1H3. The van der Waals surface area contributed by atoms with Gasteiger partial charge in [0.15, 0.2) is 0 Å². The first-order valence-electron chi connectivity index (χ1n) is 5.42. The molecule has 0 saturated heterocycles. The molecule has 0 aliphatic heterocycles. The summed E-state index contributed by atoms with van der Waals surface area (Å²) < 4.78 is 38.5. The Kier molecular flexibility index (Phi) is 3.52. The number of pyridine rings is 1. The molecule has 2 rings (SSSR count). The van der Waals surface area contributed by atoms with E-state index in [2.05, 4.69) is 15.1 Å². The van der Waals surface area contributed by atoms with Crippen LogP contribution < -0.4 is 0 Å². The van der Waals surface area contributed by atoms with Crippen molar-refractivity contribution in [2.75, 3.05) is 0 Å². The van der Waals surface area contributed by atoms with E-state index in [1.807, 2.05) is 0 Å². The molecule has 19 heavy (non-hydrogen) atoms. The van der Waals surface area contributed by atoms with Gasteiger partial charge in [-0.25, -0.2) is 4.98 Å². The van der Waals surface area contributed by atoms with Gasteiger partial charge in [-0.1, -0.05) is 0 Å². The highest BCUT2D eigenvalue weighted by molar-refractivity contribution is 5.18. The Morgan fingerprint density at radius 3 is 2.53 bits per heavy atom. The lowest BCUT2D eigenvalue weighted by molar-refractivity contribution is -0.137. The highest BCUT2D eigenvalue weighted by Crippen LogP contribution is 2.29. The van der Waals surface area contributed by atoms with Crippen molar-refractivity contribution in [3.8, 4) is 0 Å². The number of rotatable bonds is 3. The van der Waals surface area contributed by atoms with Gasteiger partial charge in [-0.05, 0) is 12.1 Å². The molecule has 0 aliphatic rings. The largest absolute Gasteiger partial charge is 0.417 e. The van der Waals surface area contributed by atoms with Gasteiger partial charge in [0.05, 0.1) is 11.3 Å². The highest BCUT2D eigenvalue weighted by Gasteiger charge is 2.30. The average molecular weight is 272 g/mol. The Morgan fingerprint density at radius 2 is 2.05 bits per heavy atom. The zero-order chi connectivity index (χ0) is 14.0. The minimum absolute atomic E-state index is 0.134. The van der Waals surface area contributed by atoms with Crippen molar-refractivity contribution < 1.29 is 18.3 Å². The molecule has 1 atom stereocenters. The molecule has 0 radical (unpaired) electrons. The lowest BCUT2D eigenvalue weighted by Gasteiger charge is -2.11. The predicted octanol–water partition coefficient (Wildman–Crippen LogP) is 1.50. The molecule has 2 aromatic heterocycles. The minimum Gasteiger partial charge on any atom is -0.386 e. The first-order chi connectivity index (χ1) is 8.88. The quantitative estimate of drug-likeness (QED) is 0.919. The lowest BCUT2D eigenvalue weighted by Crippen LogP contribution is -2.11. The van der Waals surface area contributed by atoms with E-state index in [4.69, 9.17) is 0 Å². The second-order valence-corrected chi connectivity index (χ2v) is 3.99. The Hall–Kier alpha value is -1.96. The Labute approximate surface area is 106 Å². The average Bonchev–Trinajstić information content (AvgIpc) is 2.74. The predicted molar refractivity (Wildman–Crippen MR) is 58.9 cm³/mol. The van der Waals surface area contributed by atoms with Crippen molar-refractivity contribution >= 4 is 0 Å². The molecule has 0 aromatic carbocycles. The molecule has 0 amide bonds. The van der Waals surface area contributed by atoms with E-state index >= 15 is 0 Å². The third kappa shape index (κ3) is 3.08. The first kappa shape index (κ1) is 13.5. The summed E-state index contributed by atoms with van der Waals surface area (Å²) >= 11 is 0. The van der Waals surface area contributed by atoms with Crippen LogP contribution in [0.4, 0.5) is 13.2 Å². The van der Waals surface area contributed by atoms with Crippen LogP contribution in [0.1, 0.15) is 23.2 Å². The van der Waals surface area contributed by atoms with Crippen LogP contribution in [0.5, 0.6) is 0 Å². The molecule has 1 N–H and O–H groups in total. The number of hydrogen-bond acceptors (Lipinski definition) is 4. The molecule has 0 bridgehead atoms. The molecule has 0 saturated carbocycles. The Bertz CT molecular complexity index is 550. The molecule has 2 heterocycles. The van der Waals surface area contributed by atoms with Crippen molar-refractivity contribution in [1.82, 2.24) is 19.7 Å². The monoisotopic (exact) mass is 272 g/mol. The maximum atomic E-state index is 12.4. The third-order valence-corrected chi connectivity index (χ3v) is 2.64. The van der Waals surface area contributed by atoms with Crippen LogP contribution in [0, 0.1) is 0 Å². The van der Waals surface area contributed by atoms with Gasteiger partial charge in [0.1, 0.15) is 18.3 Å². The third-order valence-electron chi connectivity index (χ3n) is 2.64. The zero-order valence-electron chi connectivity index (χ0n) is 9.96. The van der Waals surface area contributed by atoms with Crippen molar-refractivity contribution in [1.29, 1.82) is 0 Å². The molecule has 5 nitrogen and oxygen atoms in total. The van der Waals surface area contributed by atoms with Crippen molar-refractivity contribution in [2.45, 2.75) is 18.7 Å². The van der Waals surface area contributed by atoms with Crippen LogP contribution in [-0.2, 0) is 19.6 Å². The molecule has 8 heteroatoms. The van der Waals surface area contributed by atoms with Gasteiger partial charge in [-0.15, -0.1) is 0 Å². The van der Waals surface area contributed by atoms with Gasteiger partial charge in [-0.2, -0.15) is 18.3 Å². The fourth-order valence-electron chi connectivity index (χ4n) is 1.55. The van der Waals surface area contributed by atoms with E-state index in [0.29, 0.717) is 12.0 Å². The normalized spacial score (nSPS) is 13.5. The molecule has 2 aromatic rings. The van der Waals surface area contributed by atoms with Gasteiger partial charge in [0.25, 0.3) is 0 Å². The maximum Gasteiger partial charge on any atom is 0.417 e. The number of aromatic nitrogens is 4. The van der Waals surface area contributed by atoms with E-state index in [9.17, 15) is 18.3 Å². The number of halogens is 3. The van der Waals surface area contributed by atoms with Crippen LogP contribution in [-0.4, -0.2) is 24.9 Å². The smallest absolute Gasteiger partial charge is 0.386 e. The SMILES string of the molecule is Cn1ncnc1CC(O)c1ccc(C(F)(F)F)cn1. The van der Waals surface area contributed by atoms with Crippen LogP contribution in [0.3, 0.4) is 0 Å². The van der Waals surface area contributed by atoms with Crippen molar-refractivity contribution in [3.05, 3.63) is 41.7 Å². The molecule has 0 fully saturated rings. The second kappa shape index (κ2) is 4.96. The number of aliphatic hydroxyl groups excluding tert-OH is 1. The Morgan fingerprint density at radius 1 is 1.32 bits per heavy atom. The number of aryl methyl sites for hydroxylation is 1. The molecule has 1 unspecified atom stereocenters. The summed E-state index contributed by atoms with van der Waals surface area (Å²) in [6.07, 6.45) is -3.28. The van der Waals surface area contributed by atoms with E-state index in [1.54, 1.807) is 7.05 Å². The van der Waals surface area contributed by atoms with E-state index < -0.39 is 17.8 Å². The van der Waals surface area contributed by atoms with Crippen LogP contribution in [0.2, 0.25) is 0 Å². The van der Waals surface area contributed by atoms with Gasteiger partial charge >= 0.3 is 6.18 Å². The maximum absolute atomic E-state index is 12.4. The fraction of sp³-hybridized carbons (Fsp3) is 0.364. The number of nitrogens with zero attached hydrogens (tertiary/aromatic N) is 4. The van der Waals surface area contributed by atoms with Crippen LogP contribution in [0.15, 0.2) is 24.7 Å². The summed E-state index contributed by atoms with van der Waals surface area (Å²) in [4.78, 5) is 7.55. The molecular weight excluding hydrogens is 261 g/mol. The summed E-state index contributed by atoms with van der Waals surface area (Å²) in [5.74, 6) is 0.522. The summed E-state index contributed by atoms with van der Waals surface area (Å²) in [7, 11) is 1.66. The molecule has 0 spiro atoms. The number of alkyl halides is 3. The summed E-state index contributed by atoms with van der Waals surface area (Å²) in [6, 6.07) is 2.05. The van der Waals surface area contributed by atoms with E-state index in [0.717, 1.165) is 12.1 Å². The van der Waals surface area contributed by atoms with Gasteiger partial charge in [-0.3, -0.25) is 9.67 Å². The second-order valence-electron chi connectivity index (χ2n) is 3.99. The zero-order valence-corrected chi connectivity index (χ0v) is 9.96. The van der Waals surface area contributed by atoms with Crippen LogP contribution >= 0.6 is 0 Å².